The summed E-state index contributed by atoms with van der Waals surface area (Å²) in [5.74, 6) is -0.293. The maximum Gasteiger partial charge on any atom is 0.198 e. The maximum absolute atomic E-state index is 12.7. The Morgan fingerprint density at radius 2 is 1.78 bits per heavy atom. The summed E-state index contributed by atoms with van der Waals surface area (Å²) in [4.78, 5) is 4.40. The van der Waals surface area contributed by atoms with Crippen LogP contribution in [0.4, 0.5) is 0 Å². The Balaban J connectivity index is 1.77. The van der Waals surface area contributed by atoms with E-state index < -0.39 is 9.84 Å². The summed E-state index contributed by atoms with van der Waals surface area (Å²) in [6.07, 6.45) is 1.59. The summed E-state index contributed by atoms with van der Waals surface area (Å²) in [5.41, 5.74) is 1.03. The van der Waals surface area contributed by atoms with E-state index in [1.54, 1.807) is 36.5 Å². The van der Waals surface area contributed by atoms with Crippen LogP contribution in [-0.4, -0.2) is 28.4 Å². The van der Waals surface area contributed by atoms with Crippen LogP contribution >= 0.6 is 0 Å². The van der Waals surface area contributed by atoms with Crippen molar-refractivity contribution in [1.29, 1.82) is 0 Å². The minimum absolute atomic E-state index is 0.260. The molecule has 4 rings (SSSR count). The molecule has 2 heterocycles. The molecule has 0 saturated heterocycles. The third kappa shape index (κ3) is 2.44. The van der Waals surface area contributed by atoms with Crippen LogP contribution in [0.15, 0.2) is 65.7 Å². The summed E-state index contributed by atoms with van der Waals surface area (Å²) in [7, 11) is -3.55. The van der Waals surface area contributed by atoms with Gasteiger partial charge in [0, 0.05) is 6.20 Å². The lowest BCUT2D eigenvalue weighted by atomic mass is 10.1. The molecule has 0 atom stereocenters. The number of fused-ring (bicyclic) bond motifs is 2. The van der Waals surface area contributed by atoms with Crippen molar-refractivity contribution in [2.45, 2.75) is 10.8 Å². The van der Waals surface area contributed by atoms with E-state index >= 15 is 0 Å². The van der Waals surface area contributed by atoms with Gasteiger partial charge in [-0.05, 0) is 35.0 Å². The molecule has 2 aromatic carbocycles. The summed E-state index contributed by atoms with van der Waals surface area (Å²) < 4.78 is 26.6. The van der Waals surface area contributed by atoms with Crippen LogP contribution in [-0.2, 0) is 15.7 Å². The van der Waals surface area contributed by atoms with Gasteiger partial charge >= 0.3 is 0 Å². The highest BCUT2D eigenvalue weighted by Crippen LogP contribution is 2.21. The molecule has 23 heavy (non-hydrogen) atoms. The Bertz CT molecular complexity index is 1120. The molecular formula is C16H12N4O2S. The van der Waals surface area contributed by atoms with E-state index in [1.165, 1.54) is 4.68 Å². The topological polar surface area (TPSA) is 77.7 Å². The standard InChI is InChI=1S/C16H12N4O2S/c21-23(22,11-20-16-15(18-19-20)6-3-9-17-16)14-8-7-12-4-1-2-5-13(12)10-14/h1-10H,11H2. The van der Waals surface area contributed by atoms with Crippen molar-refractivity contribution in [3.63, 3.8) is 0 Å². The number of aromatic nitrogens is 4. The van der Waals surface area contributed by atoms with Gasteiger partial charge in [0.25, 0.3) is 0 Å². The first-order valence-corrected chi connectivity index (χ1v) is 8.64. The van der Waals surface area contributed by atoms with Gasteiger partial charge < -0.3 is 0 Å². The lowest BCUT2D eigenvalue weighted by Crippen LogP contribution is -2.13. The summed E-state index contributed by atoms with van der Waals surface area (Å²) in [6, 6.07) is 16.2. The number of hydrogen-bond acceptors (Lipinski definition) is 5. The van der Waals surface area contributed by atoms with E-state index in [0.717, 1.165) is 10.8 Å². The molecule has 0 aliphatic heterocycles. The highest BCUT2D eigenvalue weighted by Gasteiger charge is 2.18. The largest absolute Gasteiger partial charge is 0.235 e. The molecule has 0 spiro atoms. The van der Waals surface area contributed by atoms with Crippen LogP contribution < -0.4 is 0 Å². The quantitative estimate of drug-likeness (QED) is 0.578. The zero-order valence-electron chi connectivity index (χ0n) is 12.0. The molecule has 0 aliphatic carbocycles. The van der Waals surface area contributed by atoms with Crippen molar-refractivity contribution in [1.82, 2.24) is 20.0 Å². The van der Waals surface area contributed by atoms with Crippen molar-refractivity contribution < 1.29 is 8.42 Å². The molecular weight excluding hydrogens is 312 g/mol. The van der Waals surface area contributed by atoms with Gasteiger partial charge in [-0.25, -0.2) is 18.1 Å². The maximum atomic E-state index is 12.7. The number of sulfone groups is 1. The molecule has 0 aliphatic rings. The third-order valence-corrected chi connectivity index (χ3v) is 5.20. The van der Waals surface area contributed by atoms with Gasteiger partial charge in [0.15, 0.2) is 21.4 Å². The first-order chi connectivity index (χ1) is 11.1. The molecule has 0 amide bonds. The normalized spacial score (nSPS) is 12.0. The first kappa shape index (κ1) is 13.8. The minimum atomic E-state index is -3.55. The lowest BCUT2D eigenvalue weighted by Gasteiger charge is -2.06. The summed E-state index contributed by atoms with van der Waals surface area (Å²) >= 11 is 0. The number of rotatable bonds is 3. The van der Waals surface area contributed by atoms with Gasteiger partial charge in [0.05, 0.1) is 4.90 Å². The van der Waals surface area contributed by atoms with Crippen LogP contribution in [0.2, 0.25) is 0 Å². The van der Waals surface area contributed by atoms with Crippen molar-refractivity contribution in [2.75, 3.05) is 0 Å². The number of hydrogen-bond donors (Lipinski definition) is 0. The Hall–Kier alpha value is -2.80. The first-order valence-electron chi connectivity index (χ1n) is 6.99. The van der Waals surface area contributed by atoms with Gasteiger partial charge in [0.2, 0.25) is 0 Å². The van der Waals surface area contributed by atoms with Gasteiger partial charge in [-0.1, -0.05) is 35.5 Å². The molecule has 4 aromatic rings. The van der Waals surface area contributed by atoms with Crippen LogP contribution in [0.5, 0.6) is 0 Å². The zero-order chi connectivity index (χ0) is 15.9. The molecule has 0 N–H and O–H groups in total. The molecule has 6 nitrogen and oxygen atoms in total. The van der Waals surface area contributed by atoms with Crippen LogP contribution in [0, 0.1) is 0 Å². The lowest BCUT2D eigenvalue weighted by molar-refractivity contribution is 0.574. The Morgan fingerprint density at radius 1 is 0.957 bits per heavy atom. The fourth-order valence-corrected chi connectivity index (χ4v) is 3.72. The molecule has 0 radical (unpaired) electrons. The van der Waals surface area contributed by atoms with Crippen LogP contribution in [0.3, 0.4) is 0 Å². The monoisotopic (exact) mass is 324 g/mol. The molecule has 114 valence electrons. The number of benzene rings is 2. The summed E-state index contributed by atoms with van der Waals surface area (Å²) in [5, 5.41) is 9.71. The second kappa shape index (κ2) is 5.13. The molecule has 0 unspecified atom stereocenters. The van der Waals surface area contributed by atoms with E-state index in [1.807, 2.05) is 24.3 Å². The predicted molar refractivity (Wildman–Crippen MR) is 86.5 cm³/mol. The van der Waals surface area contributed by atoms with E-state index in [2.05, 4.69) is 15.3 Å². The van der Waals surface area contributed by atoms with Gasteiger partial charge in [0.1, 0.15) is 5.52 Å². The molecule has 0 bridgehead atoms. The Morgan fingerprint density at radius 3 is 2.65 bits per heavy atom. The fraction of sp³-hybridized carbons (Fsp3) is 0.0625. The second-order valence-corrected chi connectivity index (χ2v) is 7.15. The summed E-state index contributed by atoms with van der Waals surface area (Å²) in [6.45, 7) is 0. The SMILES string of the molecule is O=S(=O)(Cn1nnc2cccnc21)c1ccc2ccccc2c1. The van der Waals surface area contributed by atoms with E-state index in [9.17, 15) is 8.42 Å². The van der Waals surface area contributed by atoms with Crippen LogP contribution in [0.25, 0.3) is 21.9 Å². The van der Waals surface area contributed by atoms with Crippen molar-refractivity contribution >= 4 is 31.8 Å². The van der Waals surface area contributed by atoms with Gasteiger partial charge in [-0.15, -0.1) is 5.10 Å². The Labute approximate surface area is 132 Å². The van der Waals surface area contributed by atoms with Crippen molar-refractivity contribution in [2.24, 2.45) is 0 Å². The van der Waals surface area contributed by atoms with E-state index in [0.29, 0.717) is 11.2 Å². The van der Waals surface area contributed by atoms with Crippen molar-refractivity contribution in [3.8, 4) is 0 Å². The third-order valence-electron chi connectivity index (χ3n) is 3.64. The second-order valence-electron chi connectivity index (χ2n) is 5.19. The number of pyridine rings is 1. The highest BCUT2D eigenvalue weighted by molar-refractivity contribution is 7.90. The highest BCUT2D eigenvalue weighted by atomic mass is 32.2. The number of nitrogens with zero attached hydrogens (tertiary/aromatic N) is 4. The molecule has 7 heteroatoms. The smallest absolute Gasteiger partial charge is 0.198 e. The Kier molecular flexibility index (Phi) is 3.09. The van der Waals surface area contributed by atoms with E-state index in [-0.39, 0.29) is 10.8 Å². The molecule has 0 fully saturated rings. The average molecular weight is 324 g/mol. The van der Waals surface area contributed by atoms with E-state index in [4.69, 9.17) is 0 Å². The van der Waals surface area contributed by atoms with Gasteiger partial charge in [-0.3, -0.25) is 0 Å². The predicted octanol–water partition coefficient (Wildman–Crippen LogP) is 2.41. The van der Waals surface area contributed by atoms with Crippen LogP contribution in [0.1, 0.15) is 0 Å². The molecule has 2 aromatic heterocycles. The fourth-order valence-electron chi connectivity index (χ4n) is 2.49. The van der Waals surface area contributed by atoms with Gasteiger partial charge in [-0.2, -0.15) is 0 Å². The minimum Gasteiger partial charge on any atom is -0.235 e. The average Bonchev–Trinajstić information content (AvgIpc) is 2.97. The zero-order valence-corrected chi connectivity index (χ0v) is 12.8. The molecule has 0 saturated carbocycles. The van der Waals surface area contributed by atoms with Crippen molar-refractivity contribution in [3.05, 3.63) is 60.8 Å².